The quantitative estimate of drug-likeness (QED) is 0.137. The van der Waals surface area contributed by atoms with Gasteiger partial charge in [0, 0.05) is 11.0 Å². The van der Waals surface area contributed by atoms with E-state index >= 15 is 0 Å². The third-order valence-corrected chi connectivity index (χ3v) is 7.18. The summed E-state index contributed by atoms with van der Waals surface area (Å²) in [5.74, 6) is -11.6. The van der Waals surface area contributed by atoms with Gasteiger partial charge in [-0.25, -0.2) is 13.6 Å². The standard InChI is InChI=1S/C29H26BrF4NO3/c30-21-13-7-12-20(15-21)29(37)38-27-25(33)23(31)22(24(32)26(27)34)28(36)35-16-17-8-6-11-19(14-17)18-9-4-2-1-3-5-10-18/h6-8,11-15,18H,1-5,9-10,16H2,(H,35,36). The van der Waals surface area contributed by atoms with Gasteiger partial charge in [0.1, 0.15) is 5.56 Å². The maximum Gasteiger partial charge on any atom is 0.343 e. The normalized spacial score (nSPS) is 14.4. The number of benzene rings is 3. The van der Waals surface area contributed by atoms with Crippen LogP contribution in [0.25, 0.3) is 0 Å². The van der Waals surface area contributed by atoms with Gasteiger partial charge in [0.2, 0.25) is 17.4 Å². The second-order valence-corrected chi connectivity index (χ2v) is 10.2. The summed E-state index contributed by atoms with van der Waals surface area (Å²) in [7, 11) is 0. The molecule has 9 heteroatoms. The molecule has 4 rings (SSSR count). The van der Waals surface area contributed by atoms with Crippen LogP contribution in [0.4, 0.5) is 17.6 Å². The SMILES string of the molecule is O=C(Oc1c(F)c(F)c(C(=O)NCc2cccc(C3CCCCCCC3)c2)c(F)c1F)c1cccc(Br)c1. The molecule has 1 N–H and O–H groups in total. The van der Waals surface area contributed by atoms with E-state index in [1.165, 1.54) is 37.5 Å². The fourth-order valence-electron chi connectivity index (χ4n) is 4.68. The molecular weight excluding hydrogens is 566 g/mol. The lowest BCUT2D eigenvalue weighted by atomic mass is 9.85. The second-order valence-electron chi connectivity index (χ2n) is 9.33. The summed E-state index contributed by atoms with van der Waals surface area (Å²) in [5, 5.41) is 2.33. The Labute approximate surface area is 226 Å². The minimum absolute atomic E-state index is 0.0961. The zero-order valence-corrected chi connectivity index (χ0v) is 22.1. The third-order valence-electron chi connectivity index (χ3n) is 6.69. The third kappa shape index (κ3) is 6.43. The van der Waals surface area contributed by atoms with E-state index < -0.39 is 46.5 Å². The van der Waals surface area contributed by atoms with Gasteiger partial charge in [-0.05, 0) is 48.1 Å². The molecule has 0 unspecified atom stereocenters. The molecule has 0 atom stereocenters. The molecule has 1 amide bonds. The van der Waals surface area contributed by atoms with Gasteiger partial charge < -0.3 is 10.1 Å². The van der Waals surface area contributed by atoms with Crippen LogP contribution in [0.3, 0.4) is 0 Å². The molecule has 0 aromatic heterocycles. The minimum atomic E-state index is -1.98. The molecule has 0 aliphatic heterocycles. The van der Waals surface area contributed by atoms with Crippen LogP contribution in [0.15, 0.2) is 53.0 Å². The topological polar surface area (TPSA) is 55.4 Å². The summed E-state index contributed by atoms with van der Waals surface area (Å²) in [4.78, 5) is 24.8. The lowest BCUT2D eigenvalue weighted by Gasteiger charge is -2.20. The largest absolute Gasteiger partial charge is 0.416 e. The van der Waals surface area contributed by atoms with E-state index in [2.05, 4.69) is 26.0 Å². The van der Waals surface area contributed by atoms with Crippen LogP contribution in [0.2, 0.25) is 0 Å². The van der Waals surface area contributed by atoms with Gasteiger partial charge >= 0.3 is 5.97 Å². The van der Waals surface area contributed by atoms with Crippen LogP contribution in [-0.2, 0) is 6.54 Å². The number of amides is 1. The molecule has 1 aliphatic carbocycles. The highest BCUT2D eigenvalue weighted by molar-refractivity contribution is 9.10. The number of hydrogen-bond acceptors (Lipinski definition) is 3. The van der Waals surface area contributed by atoms with Crippen LogP contribution in [0.1, 0.15) is 82.7 Å². The molecule has 0 bridgehead atoms. The van der Waals surface area contributed by atoms with Crippen molar-refractivity contribution in [2.24, 2.45) is 0 Å². The molecule has 1 aliphatic rings. The molecule has 0 radical (unpaired) electrons. The van der Waals surface area contributed by atoms with Gasteiger partial charge in [-0.15, -0.1) is 0 Å². The van der Waals surface area contributed by atoms with E-state index in [1.807, 2.05) is 18.2 Å². The van der Waals surface area contributed by atoms with Crippen LogP contribution in [0, 0.1) is 23.3 Å². The zero-order valence-electron chi connectivity index (χ0n) is 20.5. The van der Waals surface area contributed by atoms with Gasteiger partial charge in [0.05, 0.1) is 5.56 Å². The Kier molecular flexibility index (Phi) is 9.20. The van der Waals surface area contributed by atoms with Gasteiger partial charge in [-0.3, -0.25) is 4.79 Å². The highest BCUT2D eigenvalue weighted by Gasteiger charge is 2.32. The predicted octanol–water partition coefficient (Wildman–Crippen LogP) is 7.98. The number of carbonyl (C=O) groups excluding carboxylic acids is 2. The van der Waals surface area contributed by atoms with Crippen molar-refractivity contribution in [3.63, 3.8) is 0 Å². The van der Waals surface area contributed by atoms with E-state index in [0.29, 0.717) is 16.0 Å². The van der Waals surface area contributed by atoms with Crippen LogP contribution in [0.5, 0.6) is 5.75 Å². The summed E-state index contributed by atoms with van der Waals surface area (Å²) >= 11 is 3.13. The molecule has 1 fully saturated rings. The highest BCUT2D eigenvalue weighted by atomic mass is 79.9. The molecule has 38 heavy (non-hydrogen) atoms. The first kappa shape index (κ1) is 27.8. The van der Waals surface area contributed by atoms with Crippen LogP contribution >= 0.6 is 15.9 Å². The van der Waals surface area contributed by atoms with Crippen molar-refractivity contribution < 1.29 is 31.9 Å². The summed E-state index contributed by atoms with van der Waals surface area (Å²) in [5.41, 5.74) is 0.282. The average Bonchev–Trinajstić information content (AvgIpc) is 2.89. The predicted molar refractivity (Wildman–Crippen MR) is 138 cm³/mol. The fourth-order valence-corrected chi connectivity index (χ4v) is 5.08. The molecule has 3 aromatic rings. The number of nitrogens with one attached hydrogen (secondary N) is 1. The first-order valence-electron chi connectivity index (χ1n) is 12.5. The zero-order chi connectivity index (χ0) is 27.2. The van der Waals surface area contributed by atoms with E-state index in [1.54, 1.807) is 12.1 Å². The molecule has 1 saturated carbocycles. The molecule has 3 aromatic carbocycles. The van der Waals surface area contributed by atoms with Crippen LogP contribution < -0.4 is 10.1 Å². The Bertz CT molecular complexity index is 1310. The Morgan fingerprint density at radius 2 is 1.47 bits per heavy atom. The smallest absolute Gasteiger partial charge is 0.343 e. The number of ether oxygens (including phenoxy) is 1. The monoisotopic (exact) mass is 591 g/mol. The molecule has 0 spiro atoms. The van der Waals surface area contributed by atoms with E-state index in [9.17, 15) is 27.2 Å². The Morgan fingerprint density at radius 3 is 2.13 bits per heavy atom. The number of halogens is 5. The van der Waals surface area contributed by atoms with Crippen molar-refractivity contribution in [3.8, 4) is 5.75 Å². The first-order chi connectivity index (χ1) is 18.3. The number of rotatable bonds is 6. The molecular formula is C29H26BrF4NO3. The van der Waals surface area contributed by atoms with Crippen molar-refractivity contribution in [2.75, 3.05) is 0 Å². The molecule has 0 heterocycles. The van der Waals surface area contributed by atoms with E-state index in [-0.39, 0.29) is 12.1 Å². The van der Waals surface area contributed by atoms with Gasteiger partial charge in [0.25, 0.3) is 5.91 Å². The molecule has 4 nitrogen and oxygen atoms in total. The summed E-state index contributed by atoms with van der Waals surface area (Å²) in [6.07, 6.45) is 8.11. The fraction of sp³-hybridized carbons (Fsp3) is 0.310. The molecule has 200 valence electrons. The number of esters is 1. The van der Waals surface area contributed by atoms with E-state index in [4.69, 9.17) is 0 Å². The lowest BCUT2D eigenvalue weighted by Crippen LogP contribution is -2.26. The summed E-state index contributed by atoms with van der Waals surface area (Å²) in [6.45, 7) is -0.0961. The van der Waals surface area contributed by atoms with Crippen molar-refractivity contribution in [3.05, 3.63) is 98.5 Å². The number of carbonyl (C=O) groups is 2. The minimum Gasteiger partial charge on any atom is -0.416 e. The summed E-state index contributed by atoms with van der Waals surface area (Å²) in [6, 6.07) is 13.2. The van der Waals surface area contributed by atoms with Crippen LogP contribution in [-0.4, -0.2) is 11.9 Å². The van der Waals surface area contributed by atoms with Crippen molar-refractivity contribution in [2.45, 2.75) is 57.4 Å². The van der Waals surface area contributed by atoms with E-state index in [0.717, 1.165) is 31.2 Å². The van der Waals surface area contributed by atoms with Gasteiger partial charge in [-0.2, -0.15) is 8.78 Å². The van der Waals surface area contributed by atoms with Gasteiger partial charge in [0.15, 0.2) is 11.6 Å². The molecule has 0 saturated heterocycles. The lowest BCUT2D eigenvalue weighted by molar-refractivity contribution is 0.0717. The first-order valence-corrected chi connectivity index (χ1v) is 13.3. The second kappa shape index (κ2) is 12.6. The summed E-state index contributed by atoms with van der Waals surface area (Å²) < 4.78 is 63.9. The highest BCUT2D eigenvalue weighted by Crippen LogP contribution is 2.32. The van der Waals surface area contributed by atoms with Crippen molar-refractivity contribution in [1.82, 2.24) is 5.32 Å². The Hall–Kier alpha value is -3.20. The number of hydrogen-bond donors (Lipinski definition) is 1. The van der Waals surface area contributed by atoms with Crippen molar-refractivity contribution in [1.29, 1.82) is 0 Å². The van der Waals surface area contributed by atoms with Crippen molar-refractivity contribution >= 4 is 27.8 Å². The maximum absolute atomic E-state index is 14.7. The average molecular weight is 592 g/mol. The van der Waals surface area contributed by atoms with Gasteiger partial charge in [-0.1, -0.05) is 78.4 Å². The Morgan fingerprint density at radius 1 is 0.842 bits per heavy atom. The maximum atomic E-state index is 14.7. The Balaban J connectivity index is 1.49.